The molecular weight excluding hydrogens is 345 g/mol. The lowest BCUT2D eigenvalue weighted by molar-refractivity contribution is 0.601. The highest BCUT2D eigenvalue weighted by molar-refractivity contribution is 7.92. The molecule has 0 aliphatic heterocycles. The first-order valence-corrected chi connectivity index (χ1v) is 7.80. The maximum Gasteiger partial charge on any atom is 0.263 e. The van der Waals surface area contributed by atoms with Crippen LogP contribution in [-0.4, -0.2) is 13.4 Å². The summed E-state index contributed by atoms with van der Waals surface area (Å²) >= 11 is 17.4. The number of nitrogen functional groups attached to an aromatic ring is 1. The zero-order valence-electron chi connectivity index (χ0n) is 9.77. The number of pyridine rings is 1. The number of sulfonamides is 1. The topological polar surface area (TPSA) is 85.1 Å². The van der Waals surface area contributed by atoms with Gasteiger partial charge in [0.2, 0.25) is 0 Å². The molecule has 106 valence electrons. The van der Waals surface area contributed by atoms with Crippen molar-refractivity contribution >= 4 is 56.3 Å². The van der Waals surface area contributed by atoms with E-state index in [1.165, 1.54) is 24.3 Å². The van der Waals surface area contributed by atoms with Crippen LogP contribution in [0.2, 0.25) is 15.1 Å². The minimum atomic E-state index is -3.87. The summed E-state index contributed by atoms with van der Waals surface area (Å²) in [6.07, 6.45) is 1.10. The second kappa shape index (κ2) is 5.65. The molecule has 0 bridgehead atoms. The molecule has 0 spiro atoms. The Kier molecular flexibility index (Phi) is 4.29. The van der Waals surface area contributed by atoms with Gasteiger partial charge in [-0.15, -0.1) is 0 Å². The van der Waals surface area contributed by atoms with Crippen LogP contribution in [0.3, 0.4) is 0 Å². The molecule has 9 heteroatoms. The Labute approximate surface area is 130 Å². The number of anilines is 2. The van der Waals surface area contributed by atoms with Gasteiger partial charge in [-0.05, 0) is 24.3 Å². The van der Waals surface area contributed by atoms with Gasteiger partial charge in [0.1, 0.15) is 10.7 Å². The quantitative estimate of drug-likeness (QED) is 0.886. The molecule has 1 aromatic heterocycles. The Balaban J connectivity index is 2.38. The van der Waals surface area contributed by atoms with Gasteiger partial charge in [-0.1, -0.05) is 34.8 Å². The van der Waals surface area contributed by atoms with E-state index in [4.69, 9.17) is 40.5 Å². The van der Waals surface area contributed by atoms with Crippen molar-refractivity contribution in [3.8, 4) is 0 Å². The summed E-state index contributed by atoms with van der Waals surface area (Å²) < 4.78 is 26.6. The summed E-state index contributed by atoms with van der Waals surface area (Å²) in [5.74, 6) is 0.0511. The minimum absolute atomic E-state index is 0.0510. The van der Waals surface area contributed by atoms with E-state index in [-0.39, 0.29) is 26.4 Å². The van der Waals surface area contributed by atoms with Gasteiger partial charge in [0.05, 0.1) is 15.7 Å². The third-order valence-corrected chi connectivity index (χ3v) is 4.51. The lowest BCUT2D eigenvalue weighted by Gasteiger charge is -2.10. The first-order chi connectivity index (χ1) is 9.29. The molecule has 0 aliphatic rings. The third-order valence-electron chi connectivity index (χ3n) is 2.33. The third kappa shape index (κ3) is 3.27. The van der Waals surface area contributed by atoms with E-state index in [0.29, 0.717) is 5.02 Å². The molecule has 1 heterocycles. The van der Waals surface area contributed by atoms with Crippen molar-refractivity contribution in [2.75, 3.05) is 10.5 Å². The molecule has 0 radical (unpaired) electrons. The predicted octanol–water partition coefficient (Wildman–Crippen LogP) is 3.42. The van der Waals surface area contributed by atoms with Crippen LogP contribution >= 0.6 is 34.8 Å². The molecule has 0 atom stereocenters. The molecule has 0 fully saturated rings. The van der Waals surface area contributed by atoms with Crippen molar-refractivity contribution in [3.63, 3.8) is 0 Å². The molecule has 0 saturated carbocycles. The summed E-state index contributed by atoms with van der Waals surface area (Å²) in [5.41, 5.74) is 5.63. The molecule has 0 amide bonds. The van der Waals surface area contributed by atoms with Crippen LogP contribution in [0.4, 0.5) is 11.5 Å². The van der Waals surface area contributed by atoms with Gasteiger partial charge in [0.25, 0.3) is 10.0 Å². The fraction of sp³-hybridized carbons (Fsp3) is 0. The van der Waals surface area contributed by atoms with E-state index in [1.54, 1.807) is 0 Å². The first-order valence-electron chi connectivity index (χ1n) is 5.18. The van der Waals surface area contributed by atoms with Crippen molar-refractivity contribution < 1.29 is 8.42 Å². The lowest BCUT2D eigenvalue weighted by atomic mass is 10.3. The first kappa shape index (κ1) is 15.2. The van der Waals surface area contributed by atoms with Gasteiger partial charge < -0.3 is 5.73 Å². The normalized spacial score (nSPS) is 11.3. The average Bonchev–Trinajstić information content (AvgIpc) is 2.36. The number of nitrogens with two attached hydrogens (primary N) is 1. The van der Waals surface area contributed by atoms with E-state index in [1.807, 2.05) is 0 Å². The van der Waals surface area contributed by atoms with Crippen molar-refractivity contribution in [1.82, 2.24) is 4.98 Å². The minimum Gasteiger partial charge on any atom is -0.382 e. The summed E-state index contributed by atoms with van der Waals surface area (Å²) in [5, 5.41) is 0.626. The highest BCUT2D eigenvalue weighted by Crippen LogP contribution is 2.28. The Morgan fingerprint density at radius 1 is 1.10 bits per heavy atom. The van der Waals surface area contributed by atoms with E-state index in [2.05, 4.69) is 9.71 Å². The smallest absolute Gasteiger partial charge is 0.263 e. The SMILES string of the molecule is Nc1ncc(S(=O)(=O)Nc2ccc(Cl)cc2Cl)cc1Cl. The largest absolute Gasteiger partial charge is 0.382 e. The number of hydrogen-bond acceptors (Lipinski definition) is 4. The van der Waals surface area contributed by atoms with Crippen LogP contribution in [0, 0.1) is 0 Å². The maximum absolute atomic E-state index is 12.2. The van der Waals surface area contributed by atoms with Crippen molar-refractivity contribution in [2.45, 2.75) is 4.90 Å². The highest BCUT2D eigenvalue weighted by Gasteiger charge is 2.17. The highest BCUT2D eigenvalue weighted by atomic mass is 35.5. The molecule has 0 aliphatic carbocycles. The molecule has 0 unspecified atom stereocenters. The van der Waals surface area contributed by atoms with Gasteiger partial charge in [-0.25, -0.2) is 13.4 Å². The molecule has 2 aromatic rings. The second-order valence-electron chi connectivity index (χ2n) is 3.77. The van der Waals surface area contributed by atoms with Crippen molar-refractivity contribution in [1.29, 1.82) is 0 Å². The molecule has 5 nitrogen and oxygen atoms in total. The van der Waals surface area contributed by atoms with Gasteiger partial charge in [-0.3, -0.25) is 4.72 Å². The van der Waals surface area contributed by atoms with Crippen molar-refractivity contribution in [2.24, 2.45) is 0 Å². The van der Waals surface area contributed by atoms with E-state index in [0.717, 1.165) is 6.20 Å². The Morgan fingerprint density at radius 2 is 1.80 bits per heavy atom. The summed E-state index contributed by atoms with van der Waals surface area (Å²) in [4.78, 5) is 3.57. The van der Waals surface area contributed by atoms with Gasteiger partial charge in [-0.2, -0.15) is 0 Å². The Morgan fingerprint density at radius 3 is 2.40 bits per heavy atom. The molecule has 1 aromatic carbocycles. The Bertz CT molecular complexity index is 766. The van der Waals surface area contributed by atoms with Gasteiger partial charge >= 0.3 is 0 Å². The molecule has 20 heavy (non-hydrogen) atoms. The number of hydrogen-bond donors (Lipinski definition) is 2. The van der Waals surface area contributed by atoms with Gasteiger partial charge in [0.15, 0.2) is 0 Å². The number of benzene rings is 1. The van der Waals surface area contributed by atoms with E-state index < -0.39 is 10.0 Å². The zero-order valence-corrected chi connectivity index (χ0v) is 12.9. The van der Waals surface area contributed by atoms with Gasteiger partial charge in [0, 0.05) is 11.2 Å². The monoisotopic (exact) mass is 351 g/mol. The van der Waals surface area contributed by atoms with E-state index >= 15 is 0 Å². The van der Waals surface area contributed by atoms with Crippen LogP contribution in [-0.2, 0) is 10.0 Å². The molecular formula is C11H8Cl3N3O2S. The molecule has 3 N–H and O–H groups in total. The standard InChI is InChI=1S/C11H8Cl3N3O2S/c12-6-1-2-10(8(13)3-6)17-20(18,19)7-4-9(14)11(15)16-5-7/h1-5,17H,(H2,15,16). The zero-order chi connectivity index (χ0) is 14.9. The average molecular weight is 353 g/mol. The van der Waals surface area contributed by atoms with Crippen molar-refractivity contribution in [3.05, 3.63) is 45.5 Å². The Hall–Kier alpha value is -1.21. The number of nitrogens with one attached hydrogen (secondary N) is 1. The van der Waals surface area contributed by atoms with Crippen LogP contribution in [0.5, 0.6) is 0 Å². The summed E-state index contributed by atoms with van der Waals surface area (Å²) in [6.45, 7) is 0. The van der Waals surface area contributed by atoms with E-state index in [9.17, 15) is 8.42 Å². The van der Waals surface area contributed by atoms with Crippen LogP contribution in [0.25, 0.3) is 0 Å². The number of aromatic nitrogens is 1. The molecule has 2 rings (SSSR count). The lowest BCUT2D eigenvalue weighted by Crippen LogP contribution is -2.14. The fourth-order valence-corrected chi connectivity index (χ4v) is 3.15. The van der Waals surface area contributed by atoms with Crippen LogP contribution < -0.4 is 10.5 Å². The predicted molar refractivity (Wildman–Crippen MR) is 80.9 cm³/mol. The van der Waals surface area contributed by atoms with Crippen LogP contribution in [0.1, 0.15) is 0 Å². The summed E-state index contributed by atoms with van der Waals surface area (Å²) in [6, 6.07) is 5.60. The summed E-state index contributed by atoms with van der Waals surface area (Å²) in [7, 11) is -3.87. The number of nitrogens with zero attached hydrogens (tertiary/aromatic N) is 1. The molecule has 0 saturated heterocycles. The number of rotatable bonds is 3. The van der Waals surface area contributed by atoms with Crippen LogP contribution in [0.15, 0.2) is 35.4 Å². The second-order valence-corrected chi connectivity index (χ2v) is 6.70. The number of halogens is 3. The maximum atomic E-state index is 12.2. The fourth-order valence-electron chi connectivity index (χ4n) is 1.35.